The molecule has 0 aromatic rings. The maximum absolute atomic E-state index is 10.9. The Bertz CT molecular complexity index is 143. The molecule has 64 valence electrons. The minimum absolute atomic E-state index is 0.196. The van der Waals surface area contributed by atoms with E-state index in [2.05, 4.69) is 5.32 Å². The molecular weight excluding hydrogens is 144 g/mol. The summed E-state index contributed by atoms with van der Waals surface area (Å²) in [6, 6.07) is 0.273. The Morgan fingerprint density at radius 2 is 2.55 bits per heavy atom. The van der Waals surface area contributed by atoms with Crippen LogP contribution < -0.4 is 5.32 Å². The second kappa shape index (κ2) is 3.69. The normalized spacial score (nSPS) is 23.6. The molecule has 0 aliphatic carbocycles. The van der Waals surface area contributed by atoms with Crippen molar-refractivity contribution in [3.05, 3.63) is 0 Å². The number of amides is 1. The summed E-state index contributed by atoms with van der Waals surface area (Å²) < 4.78 is 0. The summed E-state index contributed by atoms with van der Waals surface area (Å²) in [7, 11) is 1.73. The van der Waals surface area contributed by atoms with Gasteiger partial charge in [0.25, 0.3) is 0 Å². The molecule has 4 nitrogen and oxygen atoms in total. The average Bonchev–Trinajstić information content (AvgIpc) is 2.53. The Morgan fingerprint density at radius 1 is 1.82 bits per heavy atom. The molecule has 4 heteroatoms. The van der Waals surface area contributed by atoms with Crippen LogP contribution in [0.5, 0.6) is 0 Å². The predicted octanol–water partition coefficient (Wildman–Crippen LogP) is -1.20. The van der Waals surface area contributed by atoms with E-state index in [0.717, 1.165) is 19.5 Å². The molecule has 11 heavy (non-hydrogen) atoms. The second-order valence-electron chi connectivity index (χ2n) is 2.81. The van der Waals surface area contributed by atoms with Crippen LogP contribution in [0.3, 0.4) is 0 Å². The van der Waals surface area contributed by atoms with Crippen molar-refractivity contribution in [1.82, 2.24) is 10.2 Å². The fourth-order valence-corrected chi connectivity index (χ4v) is 1.29. The van der Waals surface area contributed by atoms with Gasteiger partial charge in [-0.15, -0.1) is 0 Å². The first-order valence-corrected chi connectivity index (χ1v) is 3.83. The van der Waals surface area contributed by atoms with Gasteiger partial charge in [-0.25, -0.2) is 0 Å². The summed E-state index contributed by atoms with van der Waals surface area (Å²) in [5.74, 6) is -0.196. The SMILES string of the molecule is CN(C(=O)CO)C1CCNC1. The maximum Gasteiger partial charge on any atom is 0.248 e. The largest absolute Gasteiger partial charge is 0.387 e. The summed E-state index contributed by atoms with van der Waals surface area (Å²) in [6.45, 7) is 1.43. The zero-order chi connectivity index (χ0) is 8.27. The Hall–Kier alpha value is -0.610. The third kappa shape index (κ3) is 1.91. The third-order valence-electron chi connectivity index (χ3n) is 2.11. The van der Waals surface area contributed by atoms with Gasteiger partial charge < -0.3 is 15.3 Å². The van der Waals surface area contributed by atoms with Crippen LogP contribution in [0.4, 0.5) is 0 Å². The second-order valence-corrected chi connectivity index (χ2v) is 2.81. The van der Waals surface area contributed by atoms with E-state index in [-0.39, 0.29) is 18.6 Å². The highest BCUT2D eigenvalue weighted by molar-refractivity contribution is 5.77. The topological polar surface area (TPSA) is 52.6 Å². The lowest BCUT2D eigenvalue weighted by Gasteiger charge is -2.22. The van der Waals surface area contributed by atoms with Gasteiger partial charge >= 0.3 is 0 Å². The molecule has 1 unspecified atom stereocenters. The molecule has 0 bridgehead atoms. The van der Waals surface area contributed by atoms with Gasteiger partial charge in [-0.1, -0.05) is 0 Å². The van der Waals surface area contributed by atoms with Crippen LogP contribution in [-0.2, 0) is 4.79 Å². The molecule has 1 rings (SSSR count). The highest BCUT2D eigenvalue weighted by Crippen LogP contribution is 2.05. The molecule has 2 N–H and O–H groups in total. The monoisotopic (exact) mass is 158 g/mol. The standard InChI is InChI=1S/C7H14N2O2/c1-9(7(11)5-10)6-2-3-8-4-6/h6,8,10H,2-5H2,1H3. The molecule has 1 fully saturated rings. The van der Waals surface area contributed by atoms with Crippen LogP contribution in [0.15, 0.2) is 0 Å². The van der Waals surface area contributed by atoms with Gasteiger partial charge in [-0.05, 0) is 13.0 Å². The Labute approximate surface area is 66.2 Å². The number of likely N-dealkylation sites (N-methyl/N-ethyl adjacent to an activating group) is 1. The van der Waals surface area contributed by atoms with Crippen LogP contribution in [-0.4, -0.2) is 48.7 Å². The van der Waals surface area contributed by atoms with Gasteiger partial charge in [0.15, 0.2) is 0 Å². The molecule has 0 spiro atoms. The smallest absolute Gasteiger partial charge is 0.248 e. The first-order chi connectivity index (χ1) is 5.25. The van der Waals surface area contributed by atoms with Crippen molar-refractivity contribution < 1.29 is 9.90 Å². The van der Waals surface area contributed by atoms with Crippen LogP contribution in [0, 0.1) is 0 Å². The van der Waals surface area contributed by atoms with E-state index in [1.54, 1.807) is 11.9 Å². The number of hydrogen-bond acceptors (Lipinski definition) is 3. The van der Waals surface area contributed by atoms with Crippen LogP contribution in [0.25, 0.3) is 0 Å². The lowest BCUT2D eigenvalue weighted by atomic mass is 10.2. The Balaban J connectivity index is 2.39. The molecular formula is C7H14N2O2. The number of aliphatic hydroxyl groups excluding tert-OH is 1. The highest BCUT2D eigenvalue weighted by atomic mass is 16.3. The minimum Gasteiger partial charge on any atom is -0.387 e. The molecule has 1 aliphatic rings. The Kier molecular flexibility index (Phi) is 2.84. The number of nitrogens with zero attached hydrogens (tertiary/aromatic N) is 1. The van der Waals surface area contributed by atoms with Gasteiger partial charge in [0, 0.05) is 19.6 Å². The van der Waals surface area contributed by atoms with Crippen molar-refractivity contribution in [3.63, 3.8) is 0 Å². The van der Waals surface area contributed by atoms with E-state index in [1.165, 1.54) is 0 Å². The molecule has 0 radical (unpaired) electrons. The maximum atomic E-state index is 10.9. The van der Waals surface area contributed by atoms with Gasteiger partial charge in [-0.2, -0.15) is 0 Å². The molecule has 0 aromatic carbocycles. The molecule has 0 saturated carbocycles. The van der Waals surface area contributed by atoms with E-state index in [9.17, 15) is 4.79 Å². The lowest BCUT2D eigenvalue weighted by molar-refractivity contribution is -0.134. The summed E-state index contributed by atoms with van der Waals surface area (Å²) in [5.41, 5.74) is 0. The van der Waals surface area contributed by atoms with Crippen molar-refractivity contribution in [2.75, 3.05) is 26.7 Å². The van der Waals surface area contributed by atoms with Crippen molar-refractivity contribution in [1.29, 1.82) is 0 Å². The number of carbonyl (C=O) groups is 1. The van der Waals surface area contributed by atoms with E-state index in [0.29, 0.717) is 0 Å². The third-order valence-corrected chi connectivity index (χ3v) is 2.11. The summed E-state index contributed by atoms with van der Waals surface area (Å²) in [5, 5.41) is 11.7. The Morgan fingerprint density at radius 3 is 3.00 bits per heavy atom. The van der Waals surface area contributed by atoms with Crippen molar-refractivity contribution in [2.45, 2.75) is 12.5 Å². The number of hydrogen-bond donors (Lipinski definition) is 2. The lowest BCUT2D eigenvalue weighted by Crippen LogP contribution is -2.39. The highest BCUT2D eigenvalue weighted by Gasteiger charge is 2.21. The van der Waals surface area contributed by atoms with Gasteiger partial charge in [0.1, 0.15) is 6.61 Å². The van der Waals surface area contributed by atoms with E-state index >= 15 is 0 Å². The average molecular weight is 158 g/mol. The predicted molar refractivity (Wildman–Crippen MR) is 41.1 cm³/mol. The van der Waals surface area contributed by atoms with Gasteiger partial charge in [-0.3, -0.25) is 4.79 Å². The number of carbonyl (C=O) groups excluding carboxylic acids is 1. The van der Waals surface area contributed by atoms with E-state index in [4.69, 9.17) is 5.11 Å². The molecule has 0 aromatic heterocycles. The molecule has 1 saturated heterocycles. The zero-order valence-electron chi connectivity index (χ0n) is 6.71. The van der Waals surface area contributed by atoms with Crippen molar-refractivity contribution >= 4 is 5.91 Å². The van der Waals surface area contributed by atoms with Crippen LogP contribution in [0.1, 0.15) is 6.42 Å². The molecule has 1 amide bonds. The molecule has 1 heterocycles. The minimum atomic E-state index is -0.382. The van der Waals surface area contributed by atoms with Crippen LogP contribution >= 0.6 is 0 Å². The van der Waals surface area contributed by atoms with Gasteiger partial charge in [0.2, 0.25) is 5.91 Å². The first kappa shape index (κ1) is 8.49. The summed E-state index contributed by atoms with van der Waals surface area (Å²) >= 11 is 0. The fraction of sp³-hybridized carbons (Fsp3) is 0.857. The van der Waals surface area contributed by atoms with E-state index < -0.39 is 0 Å². The zero-order valence-corrected chi connectivity index (χ0v) is 6.71. The first-order valence-electron chi connectivity index (χ1n) is 3.83. The summed E-state index contributed by atoms with van der Waals surface area (Å²) in [6.07, 6.45) is 0.988. The number of rotatable bonds is 2. The quantitative estimate of drug-likeness (QED) is 0.530. The summed E-state index contributed by atoms with van der Waals surface area (Å²) in [4.78, 5) is 12.6. The molecule has 1 aliphatic heterocycles. The van der Waals surface area contributed by atoms with Gasteiger partial charge in [0.05, 0.1) is 0 Å². The van der Waals surface area contributed by atoms with E-state index in [1.807, 2.05) is 0 Å². The van der Waals surface area contributed by atoms with Crippen molar-refractivity contribution in [2.24, 2.45) is 0 Å². The molecule has 1 atom stereocenters. The van der Waals surface area contributed by atoms with Crippen LogP contribution in [0.2, 0.25) is 0 Å². The van der Waals surface area contributed by atoms with Crippen molar-refractivity contribution in [3.8, 4) is 0 Å². The number of nitrogens with one attached hydrogen (secondary N) is 1. The fourth-order valence-electron chi connectivity index (χ4n) is 1.29. The number of aliphatic hydroxyl groups is 1.